The van der Waals surface area contributed by atoms with Crippen LogP contribution in [0.3, 0.4) is 0 Å². The molecule has 0 saturated carbocycles. The standard InChI is InChI=1S/C21H14N2O6/c24-18-14-8-4-5-9-15(14)19(25)23(18)29-21(27)17-11-10-16(22-17)20(26)28-12-13-6-2-1-3-7-13/h1-11,22H,12H2. The number of carbonyl (C=O) groups excluding carboxylic acids is 4. The van der Waals surface area contributed by atoms with Crippen molar-refractivity contribution in [1.82, 2.24) is 10.0 Å². The van der Waals surface area contributed by atoms with Crippen LogP contribution in [0.4, 0.5) is 0 Å². The summed E-state index contributed by atoms with van der Waals surface area (Å²) in [6, 6.07) is 17.9. The molecule has 1 aliphatic heterocycles. The van der Waals surface area contributed by atoms with E-state index in [1.54, 1.807) is 12.1 Å². The number of hydrogen-bond acceptors (Lipinski definition) is 6. The van der Waals surface area contributed by atoms with Gasteiger partial charge in [0.05, 0.1) is 11.1 Å². The number of nitrogens with zero attached hydrogens (tertiary/aromatic N) is 1. The molecule has 2 heterocycles. The van der Waals surface area contributed by atoms with Crippen LogP contribution >= 0.6 is 0 Å². The molecule has 1 aliphatic rings. The molecule has 144 valence electrons. The summed E-state index contributed by atoms with van der Waals surface area (Å²) in [5.74, 6) is -3.10. The van der Waals surface area contributed by atoms with Gasteiger partial charge in [0.2, 0.25) is 0 Å². The Bertz CT molecular complexity index is 1080. The number of nitrogens with one attached hydrogen (secondary N) is 1. The zero-order chi connectivity index (χ0) is 20.4. The van der Waals surface area contributed by atoms with E-state index in [-0.39, 0.29) is 29.1 Å². The van der Waals surface area contributed by atoms with E-state index in [4.69, 9.17) is 9.57 Å². The van der Waals surface area contributed by atoms with Gasteiger partial charge < -0.3 is 14.6 Å². The third-order valence-electron chi connectivity index (χ3n) is 4.27. The molecule has 0 fully saturated rings. The number of H-pyrrole nitrogens is 1. The Kier molecular flexibility index (Phi) is 4.66. The van der Waals surface area contributed by atoms with Gasteiger partial charge in [-0.25, -0.2) is 9.59 Å². The van der Waals surface area contributed by atoms with Gasteiger partial charge in [0.25, 0.3) is 11.8 Å². The Morgan fingerprint density at radius 1 is 0.759 bits per heavy atom. The van der Waals surface area contributed by atoms with E-state index in [1.807, 2.05) is 30.3 Å². The molecule has 0 unspecified atom stereocenters. The predicted octanol–water partition coefficient (Wildman–Crippen LogP) is 2.74. The van der Waals surface area contributed by atoms with E-state index in [0.29, 0.717) is 5.06 Å². The van der Waals surface area contributed by atoms with Crippen LogP contribution in [0.1, 0.15) is 47.3 Å². The first kappa shape index (κ1) is 18.2. The molecule has 0 radical (unpaired) electrons. The van der Waals surface area contributed by atoms with Crippen molar-refractivity contribution in [3.05, 3.63) is 94.8 Å². The van der Waals surface area contributed by atoms with Crippen molar-refractivity contribution in [2.75, 3.05) is 0 Å². The van der Waals surface area contributed by atoms with Crippen LogP contribution in [0, 0.1) is 0 Å². The molecule has 8 heteroatoms. The van der Waals surface area contributed by atoms with Gasteiger partial charge in [-0.3, -0.25) is 9.59 Å². The van der Waals surface area contributed by atoms with E-state index in [1.165, 1.54) is 24.3 Å². The first-order valence-electron chi connectivity index (χ1n) is 8.65. The number of imide groups is 1. The summed E-state index contributed by atoms with van der Waals surface area (Å²) < 4.78 is 5.18. The highest BCUT2D eigenvalue weighted by Crippen LogP contribution is 2.23. The normalized spacial score (nSPS) is 12.6. The van der Waals surface area contributed by atoms with Crippen LogP contribution < -0.4 is 0 Å². The largest absolute Gasteiger partial charge is 0.456 e. The fourth-order valence-corrected chi connectivity index (χ4v) is 2.82. The highest BCUT2D eigenvalue weighted by molar-refractivity contribution is 6.21. The molecule has 0 bridgehead atoms. The van der Waals surface area contributed by atoms with Gasteiger partial charge in [0.15, 0.2) is 0 Å². The zero-order valence-electron chi connectivity index (χ0n) is 15.0. The van der Waals surface area contributed by atoms with E-state index in [2.05, 4.69) is 4.98 Å². The van der Waals surface area contributed by atoms with Crippen molar-refractivity contribution in [3.63, 3.8) is 0 Å². The van der Waals surface area contributed by atoms with Crippen LogP contribution in [-0.2, 0) is 16.2 Å². The summed E-state index contributed by atoms with van der Waals surface area (Å²) in [5, 5.41) is 0.404. The number of aromatic nitrogens is 1. The first-order valence-corrected chi connectivity index (χ1v) is 8.65. The second-order valence-corrected chi connectivity index (χ2v) is 6.18. The molecule has 2 aromatic carbocycles. The minimum Gasteiger partial charge on any atom is -0.456 e. The Morgan fingerprint density at radius 3 is 1.93 bits per heavy atom. The lowest BCUT2D eigenvalue weighted by Crippen LogP contribution is -2.32. The van der Waals surface area contributed by atoms with E-state index < -0.39 is 23.8 Å². The number of rotatable bonds is 5. The maximum Gasteiger partial charge on any atom is 0.379 e. The molecule has 3 aromatic rings. The van der Waals surface area contributed by atoms with Gasteiger partial charge in [-0.05, 0) is 29.8 Å². The zero-order valence-corrected chi connectivity index (χ0v) is 15.0. The van der Waals surface area contributed by atoms with Crippen molar-refractivity contribution in [1.29, 1.82) is 0 Å². The molecule has 0 aliphatic carbocycles. The Hall–Kier alpha value is -4.20. The highest BCUT2D eigenvalue weighted by Gasteiger charge is 2.39. The van der Waals surface area contributed by atoms with Crippen LogP contribution in [0.2, 0.25) is 0 Å². The van der Waals surface area contributed by atoms with Gasteiger partial charge >= 0.3 is 11.9 Å². The van der Waals surface area contributed by atoms with Gasteiger partial charge in [-0.15, -0.1) is 0 Å². The van der Waals surface area contributed by atoms with Gasteiger partial charge in [0, 0.05) is 0 Å². The Morgan fingerprint density at radius 2 is 1.31 bits per heavy atom. The number of aromatic amines is 1. The van der Waals surface area contributed by atoms with Gasteiger partial charge in [-0.2, -0.15) is 0 Å². The van der Waals surface area contributed by atoms with Crippen molar-refractivity contribution in [2.45, 2.75) is 6.61 Å². The second kappa shape index (κ2) is 7.43. The number of carbonyl (C=O) groups is 4. The Labute approximate surface area is 164 Å². The van der Waals surface area contributed by atoms with Crippen LogP contribution in [0.25, 0.3) is 0 Å². The maximum absolute atomic E-state index is 12.3. The van der Waals surface area contributed by atoms with Gasteiger partial charge in [0.1, 0.15) is 18.0 Å². The molecular weight excluding hydrogens is 376 g/mol. The van der Waals surface area contributed by atoms with Crippen molar-refractivity contribution < 1.29 is 28.8 Å². The molecule has 8 nitrogen and oxygen atoms in total. The molecule has 0 spiro atoms. The quantitative estimate of drug-likeness (QED) is 0.530. The molecule has 1 aromatic heterocycles. The van der Waals surface area contributed by atoms with Crippen LogP contribution in [-0.4, -0.2) is 33.8 Å². The average molecular weight is 390 g/mol. The minimum absolute atomic E-state index is 0.0373. The summed E-state index contributed by atoms with van der Waals surface area (Å²) in [4.78, 5) is 56.4. The third-order valence-corrected chi connectivity index (χ3v) is 4.27. The Balaban J connectivity index is 1.41. The minimum atomic E-state index is -0.985. The first-order chi connectivity index (χ1) is 14.0. The smallest absolute Gasteiger partial charge is 0.379 e. The van der Waals surface area contributed by atoms with Crippen molar-refractivity contribution in [3.8, 4) is 0 Å². The molecular formula is C21H14N2O6. The highest BCUT2D eigenvalue weighted by atomic mass is 16.7. The van der Waals surface area contributed by atoms with Crippen molar-refractivity contribution in [2.24, 2.45) is 0 Å². The summed E-state index contributed by atoms with van der Waals surface area (Å²) in [5.41, 5.74) is 1.06. The monoisotopic (exact) mass is 390 g/mol. The lowest BCUT2D eigenvalue weighted by Gasteiger charge is -2.11. The summed E-state index contributed by atoms with van der Waals surface area (Å²) in [6.07, 6.45) is 0. The molecule has 29 heavy (non-hydrogen) atoms. The van der Waals surface area contributed by atoms with Crippen LogP contribution in [0.15, 0.2) is 66.7 Å². The molecule has 2 amide bonds. The lowest BCUT2D eigenvalue weighted by atomic mass is 10.1. The number of hydrogen-bond donors (Lipinski definition) is 1. The SMILES string of the molecule is O=C(OCc1ccccc1)c1ccc(C(=O)ON2C(=O)c3ccccc3C2=O)[nH]1. The molecule has 1 N–H and O–H groups in total. The number of hydroxylamine groups is 2. The van der Waals surface area contributed by atoms with Gasteiger partial charge in [-0.1, -0.05) is 47.5 Å². The van der Waals surface area contributed by atoms with E-state index in [0.717, 1.165) is 5.56 Å². The van der Waals surface area contributed by atoms with E-state index in [9.17, 15) is 19.2 Å². The molecule has 0 atom stereocenters. The number of esters is 1. The number of benzene rings is 2. The predicted molar refractivity (Wildman–Crippen MR) is 98.7 cm³/mol. The molecule has 0 saturated heterocycles. The summed E-state index contributed by atoms with van der Waals surface area (Å²) in [6.45, 7) is 0.0769. The number of amides is 2. The summed E-state index contributed by atoms with van der Waals surface area (Å²) >= 11 is 0. The van der Waals surface area contributed by atoms with E-state index >= 15 is 0 Å². The number of ether oxygens (including phenoxy) is 1. The fraction of sp³-hybridized carbons (Fsp3) is 0.0476. The van der Waals surface area contributed by atoms with Crippen LogP contribution in [0.5, 0.6) is 0 Å². The second-order valence-electron chi connectivity index (χ2n) is 6.18. The average Bonchev–Trinajstić information content (AvgIpc) is 3.33. The fourth-order valence-electron chi connectivity index (χ4n) is 2.82. The van der Waals surface area contributed by atoms with Crippen molar-refractivity contribution >= 4 is 23.8 Å². The summed E-state index contributed by atoms with van der Waals surface area (Å²) in [7, 11) is 0. The maximum atomic E-state index is 12.3. The topological polar surface area (TPSA) is 106 Å². The number of fused-ring (bicyclic) bond motifs is 1. The third kappa shape index (κ3) is 3.51. The lowest BCUT2D eigenvalue weighted by molar-refractivity contribution is -0.0588. The molecule has 4 rings (SSSR count).